The van der Waals surface area contributed by atoms with Gasteiger partial charge in [0.15, 0.2) is 11.5 Å². The minimum absolute atomic E-state index is 0.249. The predicted molar refractivity (Wildman–Crippen MR) is 92.9 cm³/mol. The van der Waals surface area contributed by atoms with Crippen molar-refractivity contribution in [3.63, 3.8) is 0 Å². The quantitative estimate of drug-likeness (QED) is 0.691. The molecule has 0 saturated heterocycles. The van der Waals surface area contributed by atoms with Crippen LogP contribution in [0.15, 0.2) is 65.3 Å². The van der Waals surface area contributed by atoms with E-state index in [9.17, 15) is 4.79 Å². The smallest absolute Gasteiger partial charge is 0.276 e. The van der Waals surface area contributed by atoms with Gasteiger partial charge in [-0.1, -0.05) is 41.6 Å². The highest BCUT2D eigenvalue weighted by Crippen LogP contribution is 2.23. The molecule has 1 atom stereocenters. The molecule has 2 heterocycles. The minimum Gasteiger partial charge on any atom is -0.382 e. The summed E-state index contributed by atoms with van der Waals surface area (Å²) < 4.78 is 10.6. The monoisotopic (exact) mass is 337 g/mol. The first-order valence-electron chi connectivity index (χ1n) is 7.90. The second-order valence-corrected chi connectivity index (χ2v) is 5.58. The van der Waals surface area contributed by atoms with Crippen LogP contribution in [0.4, 0.5) is 0 Å². The number of carbonyl (C=O) groups is 1. The normalized spacial score (nSPS) is 11.9. The molecule has 25 heavy (non-hydrogen) atoms. The topological polar surface area (TPSA) is 68.5 Å². The zero-order chi connectivity index (χ0) is 17.6. The zero-order valence-electron chi connectivity index (χ0n) is 14.1. The first-order chi connectivity index (χ1) is 12.2. The van der Waals surface area contributed by atoms with E-state index in [4.69, 9.17) is 9.26 Å². The predicted octanol–water partition coefficient (Wildman–Crippen LogP) is 3.20. The van der Waals surface area contributed by atoms with E-state index in [-0.39, 0.29) is 17.6 Å². The van der Waals surface area contributed by atoms with Crippen molar-refractivity contribution in [3.05, 3.63) is 72.2 Å². The second kappa shape index (κ2) is 7.72. The highest BCUT2D eigenvalue weighted by atomic mass is 16.5. The maximum atomic E-state index is 12.8. The van der Waals surface area contributed by atoms with Crippen molar-refractivity contribution in [2.24, 2.45) is 0 Å². The lowest BCUT2D eigenvalue weighted by Gasteiger charge is -2.26. The van der Waals surface area contributed by atoms with Crippen LogP contribution in [0.5, 0.6) is 0 Å². The van der Waals surface area contributed by atoms with E-state index in [1.165, 1.54) is 0 Å². The van der Waals surface area contributed by atoms with Crippen molar-refractivity contribution in [2.75, 3.05) is 20.8 Å². The van der Waals surface area contributed by atoms with Crippen molar-refractivity contribution in [1.29, 1.82) is 0 Å². The van der Waals surface area contributed by atoms with Crippen LogP contribution in [0.1, 0.15) is 22.2 Å². The van der Waals surface area contributed by atoms with Crippen LogP contribution in [-0.2, 0) is 4.74 Å². The van der Waals surface area contributed by atoms with E-state index < -0.39 is 0 Å². The number of aromatic nitrogens is 2. The maximum Gasteiger partial charge on any atom is 0.276 e. The van der Waals surface area contributed by atoms with Crippen molar-refractivity contribution in [2.45, 2.75) is 6.04 Å². The number of likely N-dealkylation sites (N-methyl/N-ethyl adjacent to an activating group) is 1. The molecule has 0 fully saturated rings. The Balaban J connectivity index is 1.83. The summed E-state index contributed by atoms with van der Waals surface area (Å²) in [7, 11) is 3.30. The Morgan fingerprint density at radius 1 is 1.20 bits per heavy atom. The molecule has 6 heteroatoms. The van der Waals surface area contributed by atoms with Crippen molar-refractivity contribution in [1.82, 2.24) is 15.0 Å². The molecule has 3 aromatic rings. The average molecular weight is 337 g/mol. The molecule has 0 bridgehead atoms. The fourth-order valence-corrected chi connectivity index (χ4v) is 2.56. The number of hydrogen-bond donors (Lipinski definition) is 0. The molecule has 0 aliphatic heterocycles. The van der Waals surface area contributed by atoms with Gasteiger partial charge in [0.05, 0.1) is 18.3 Å². The van der Waals surface area contributed by atoms with Crippen molar-refractivity contribution in [3.8, 4) is 11.3 Å². The number of amides is 1. The molecule has 2 aromatic heterocycles. The summed E-state index contributed by atoms with van der Waals surface area (Å²) in [6.45, 7) is 0.336. The molecule has 0 aliphatic carbocycles. The summed E-state index contributed by atoms with van der Waals surface area (Å²) in [5.41, 5.74) is 1.88. The number of pyridine rings is 1. The van der Waals surface area contributed by atoms with E-state index in [0.29, 0.717) is 12.4 Å². The Morgan fingerprint density at radius 3 is 2.64 bits per heavy atom. The van der Waals surface area contributed by atoms with E-state index in [0.717, 1.165) is 11.3 Å². The number of benzene rings is 1. The molecule has 1 aromatic carbocycles. The molecule has 0 N–H and O–H groups in total. The van der Waals surface area contributed by atoms with Crippen molar-refractivity contribution >= 4 is 5.91 Å². The van der Waals surface area contributed by atoms with Gasteiger partial charge in [-0.05, 0) is 12.1 Å². The van der Waals surface area contributed by atoms with Crippen LogP contribution in [0, 0.1) is 0 Å². The molecule has 6 nitrogen and oxygen atoms in total. The molecule has 3 rings (SSSR count). The van der Waals surface area contributed by atoms with E-state index in [2.05, 4.69) is 10.1 Å². The van der Waals surface area contributed by atoms with Gasteiger partial charge < -0.3 is 14.2 Å². The lowest BCUT2D eigenvalue weighted by Crippen LogP contribution is -2.34. The van der Waals surface area contributed by atoms with E-state index in [1.807, 2.05) is 48.5 Å². The number of hydrogen-bond acceptors (Lipinski definition) is 5. The zero-order valence-corrected chi connectivity index (χ0v) is 14.1. The first-order valence-corrected chi connectivity index (χ1v) is 7.90. The van der Waals surface area contributed by atoms with Gasteiger partial charge in [0, 0.05) is 32.0 Å². The third kappa shape index (κ3) is 3.75. The standard InChI is InChI=1S/C19H19N3O3/c1-22(17(13-24-2)15-10-6-7-11-20-15)19(23)16-12-18(25-21-16)14-8-4-3-5-9-14/h3-12,17H,13H2,1-2H3. The van der Waals surface area contributed by atoms with Gasteiger partial charge in [0.1, 0.15) is 0 Å². The Kier molecular flexibility index (Phi) is 5.20. The van der Waals surface area contributed by atoms with Gasteiger partial charge >= 0.3 is 0 Å². The van der Waals surface area contributed by atoms with Crippen LogP contribution in [-0.4, -0.2) is 41.7 Å². The maximum absolute atomic E-state index is 12.8. The fourth-order valence-electron chi connectivity index (χ4n) is 2.56. The average Bonchev–Trinajstić information content (AvgIpc) is 3.16. The van der Waals surface area contributed by atoms with Gasteiger partial charge in [-0.3, -0.25) is 9.78 Å². The Bertz CT molecular complexity index is 818. The molecule has 0 aliphatic rings. The molecule has 0 saturated carbocycles. The second-order valence-electron chi connectivity index (χ2n) is 5.58. The van der Waals surface area contributed by atoms with Gasteiger partial charge in [0.2, 0.25) is 0 Å². The van der Waals surface area contributed by atoms with Gasteiger partial charge in [-0.2, -0.15) is 0 Å². The number of carbonyl (C=O) groups excluding carboxylic acids is 1. The number of methoxy groups -OCH3 is 1. The summed E-state index contributed by atoms with van der Waals surface area (Å²) in [6, 6.07) is 16.5. The van der Waals surface area contributed by atoms with E-state index in [1.54, 1.807) is 31.3 Å². The summed E-state index contributed by atoms with van der Waals surface area (Å²) >= 11 is 0. The highest BCUT2D eigenvalue weighted by molar-refractivity contribution is 5.93. The van der Waals surface area contributed by atoms with Crippen LogP contribution >= 0.6 is 0 Å². The van der Waals surface area contributed by atoms with Crippen molar-refractivity contribution < 1.29 is 14.1 Å². The summed E-state index contributed by atoms with van der Waals surface area (Å²) in [6.07, 6.45) is 1.69. The third-order valence-corrected chi connectivity index (χ3v) is 3.93. The summed E-state index contributed by atoms with van der Waals surface area (Å²) in [5.74, 6) is 0.303. The third-order valence-electron chi connectivity index (χ3n) is 3.93. The minimum atomic E-state index is -0.310. The number of rotatable bonds is 6. The molecule has 1 amide bonds. The van der Waals surface area contributed by atoms with Crippen LogP contribution in [0.25, 0.3) is 11.3 Å². The van der Waals surface area contributed by atoms with Gasteiger partial charge in [-0.25, -0.2) is 0 Å². The highest BCUT2D eigenvalue weighted by Gasteiger charge is 2.26. The van der Waals surface area contributed by atoms with Crippen LogP contribution in [0.3, 0.4) is 0 Å². The van der Waals surface area contributed by atoms with Crippen LogP contribution in [0.2, 0.25) is 0 Å². The Labute approximate surface area is 146 Å². The van der Waals surface area contributed by atoms with Gasteiger partial charge in [0.25, 0.3) is 5.91 Å². The number of nitrogens with zero attached hydrogens (tertiary/aromatic N) is 3. The lowest BCUT2D eigenvalue weighted by atomic mass is 10.1. The summed E-state index contributed by atoms with van der Waals surface area (Å²) in [5, 5.41) is 3.92. The molecule has 128 valence electrons. The molecule has 1 unspecified atom stereocenters. The molecule has 0 radical (unpaired) electrons. The Morgan fingerprint density at radius 2 is 1.96 bits per heavy atom. The fraction of sp³-hybridized carbons (Fsp3) is 0.211. The Hall–Kier alpha value is -2.99. The largest absolute Gasteiger partial charge is 0.382 e. The molecular weight excluding hydrogens is 318 g/mol. The lowest BCUT2D eigenvalue weighted by molar-refractivity contribution is 0.0585. The van der Waals surface area contributed by atoms with Crippen LogP contribution < -0.4 is 0 Å². The van der Waals surface area contributed by atoms with E-state index >= 15 is 0 Å². The molecule has 0 spiro atoms. The first kappa shape index (κ1) is 16.9. The van der Waals surface area contributed by atoms with Gasteiger partial charge in [-0.15, -0.1) is 0 Å². The SMILES string of the molecule is COCC(c1ccccn1)N(C)C(=O)c1cc(-c2ccccc2)on1. The summed E-state index contributed by atoms with van der Waals surface area (Å²) in [4.78, 5) is 18.7. The molecular formula is C19H19N3O3. The number of ether oxygens (including phenoxy) is 1.